The maximum atomic E-state index is 11.2. The molecule has 0 spiro atoms. The van der Waals surface area contributed by atoms with E-state index in [0.29, 0.717) is 13.0 Å². The van der Waals surface area contributed by atoms with E-state index in [4.69, 9.17) is 15.9 Å². The Bertz CT molecular complexity index is 375. The van der Waals surface area contributed by atoms with E-state index in [-0.39, 0.29) is 42.5 Å². The van der Waals surface area contributed by atoms with Crippen LogP contribution in [-0.4, -0.2) is 59.0 Å². The van der Waals surface area contributed by atoms with E-state index in [2.05, 4.69) is 4.99 Å². The normalized spacial score (nSPS) is 12.5. The van der Waals surface area contributed by atoms with Gasteiger partial charge in [0.15, 0.2) is 0 Å². The van der Waals surface area contributed by atoms with Crippen molar-refractivity contribution in [2.45, 2.75) is 39.2 Å². The van der Waals surface area contributed by atoms with E-state index in [0.717, 1.165) is 0 Å². The van der Waals surface area contributed by atoms with Gasteiger partial charge in [-0.1, -0.05) is 13.8 Å². The molecule has 0 saturated heterocycles. The number of carboxylic acid groups (broad SMARTS) is 2. The number of carboxylic acids is 2. The van der Waals surface area contributed by atoms with Crippen molar-refractivity contribution in [2.75, 3.05) is 19.7 Å². The zero-order valence-electron chi connectivity index (χ0n) is 13.1. The van der Waals surface area contributed by atoms with Crippen LogP contribution in [0.15, 0.2) is 4.99 Å². The summed E-state index contributed by atoms with van der Waals surface area (Å²) >= 11 is 0. The van der Waals surface area contributed by atoms with E-state index in [9.17, 15) is 24.9 Å². The van der Waals surface area contributed by atoms with Crippen LogP contribution in [0.1, 0.15) is 33.1 Å². The molecule has 5 N–H and O–H groups in total. The van der Waals surface area contributed by atoms with Crippen LogP contribution >= 0.6 is 0 Å². The van der Waals surface area contributed by atoms with Crippen LogP contribution in [0.5, 0.6) is 0 Å². The smallest absolute Gasteiger partial charge is 0.860 e. The summed E-state index contributed by atoms with van der Waals surface area (Å²) in [4.78, 5) is 23.1. The van der Waals surface area contributed by atoms with E-state index in [1.54, 1.807) is 0 Å². The number of hydrogen-bond acceptors (Lipinski definition) is 8. The molecular weight excluding hydrogens is 355 g/mol. The Morgan fingerprint density at radius 2 is 1.78 bits per heavy atom. The van der Waals surface area contributed by atoms with Crippen LogP contribution in [0.25, 0.3) is 0 Å². The van der Waals surface area contributed by atoms with Crippen molar-refractivity contribution in [1.82, 2.24) is 0 Å². The molecule has 23 heavy (non-hydrogen) atoms. The molecular formula is C13H24N2NiO7. The zero-order valence-corrected chi connectivity index (χ0v) is 14.1. The third-order valence-electron chi connectivity index (χ3n) is 2.56. The number of aliphatic imine (C=N–C) groups is 1. The van der Waals surface area contributed by atoms with Crippen LogP contribution in [0.4, 0.5) is 0 Å². The molecule has 0 aromatic heterocycles. The molecule has 10 heteroatoms. The first-order chi connectivity index (χ1) is 10.1. The third kappa shape index (κ3) is 15.5. The molecule has 1 atom stereocenters. The molecule has 0 bridgehead atoms. The van der Waals surface area contributed by atoms with E-state index >= 15 is 0 Å². The van der Waals surface area contributed by atoms with Gasteiger partial charge >= 0.3 is 22.5 Å². The molecule has 1 unspecified atom stereocenters. The molecule has 0 aromatic rings. The quantitative estimate of drug-likeness (QED) is 0.187. The second kappa shape index (κ2) is 14.4. The van der Waals surface area contributed by atoms with Crippen molar-refractivity contribution in [2.24, 2.45) is 16.1 Å². The molecule has 0 heterocycles. The minimum atomic E-state index is -1.43. The van der Waals surface area contributed by atoms with Crippen LogP contribution in [0, 0.1) is 5.41 Å². The Labute approximate surface area is 145 Å². The predicted octanol–water partition coefficient (Wildman–Crippen LogP) is -2.93. The van der Waals surface area contributed by atoms with Crippen molar-refractivity contribution in [1.29, 1.82) is 0 Å². The summed E-state index contributed by atoms with van der Waals surface area (Å²) in [5.74, 6) is -2.90. The minimum absolute atomic E-state index is 0. The van der Waals surface area contributed by atoms with Crippen LogP contribution in [-0.2, 0) is 26.1 Å². The molecule has 138 valence electrons. The summed E-state index contributed by atoms with van der Waals surface area (Å²) in [7, 11) is 0. The zero-order chi connectivity index (χ0) is 17.8. The van der Waals surface area contributed by atoms with Gasteiger partial charge < -0.3 is 41.1 Å². The van der Waals surface area contributed by atoms with E-state index < -0.39 is 29.4 Å². The van der Waals surface area contributed by atoms with Gasteiger partial charge in [0.1, 0.15) is 0 Å². The van der Waals surface area contributed by atoms with Gasteiger partial charge in [0, 0.05) is 30.8 Å². The number of nitrogens with zero attached hydrogens (tertiary/aromatic N) is 1. The van der Waals surface area contributed by atoms with Crippen molar-refractivity contribution >= 4 is 17.8 Å². The van der Waals surface area contributed by atoms with Gasteiger partial charge in [-0.3, -0.25) is 4.79 Å². The van der Waals surface area contributed by atoms with Crippen LogP contribution < -0.4 is 15.9 Å². The largest absolute Gasteiger partial charge is 2.00 e. The topological polar surface area (TPSA) is 179 Å². The Hall–Kier alpha value is -1.22. The number of aliphatic hydroxyl groups excluding tert-OH is 2. The summed E-state index contributed by atoms with van der Waals surface area (Å²) in [5, 5.41) is 47.5. The molecule has 0 aliphatic rings. The number of rotatable bonds is 9. The summed E-state index contributed by atoms with van der Waals surface area (Å²) < 4.78 is 0. The number of nitrogens with two attached hydrogens (primary N) is 1. The van der Waals surface area contributed by atoms with Crippen molar-refractivity contribution in [3.63, 3.8) is 0 Å². The Kier molecular flexibility index (Phi) is 16.7. The average molecular weight is 379 g/mol. The van der Waals surface area contributed by atoms with Gasteiger partial charge in [-0.15, -0.1) is 0 Å². The maximum Gasteiger partial charge on any atom is 2.00 e. The fourth-order valence-corrected chi connectivity index (χ4v) is 1.02. The van der Waals surface area contributed by atoms with Gasteiger partial charge in [0.2, 0.25) is 0 Å². The molecule has 0 rings (SSSR count). The van der Waals surface area contributed by atoms with Crippen LogP contribution in [0.3, 0.4) is 0 Å². The van der Waals surface area contributed by atoms with Gasteiger partial charge in [0.05, 0.1) is 12.7 Å². The fourth-order valence-electron chi connectivity index (χ4n) is 1.02. The number of hydrogen-bond donors (Lipinski definition) is 4. The second-order valence-corrected chi connectivity index (χ2v) is 5.18. The summed E-state index contributed by atoms with van der Waals surface area (Å²) in [6, 6.07) is 0. The van der Waals surface area contributed by atoms with Gasteiger partial charge in [-0.25, -0.2) is 0 Å². The average Bonchev–Trinajstić information content (AvgIpc) is 2.44. The summed E-state index contributed by atoms with van der Waals surface area (Å²) in [6.07, 6.45) is -1.02. The molecule has 0 saturated carbocycles. The first kappa shape index (κ1) is 26.7. The van der Waals surface area contributed by atoms with Gasteiger partial charge in [0.25, 0.3) is 0 Å². The first-order valence-corrected chi connectivity index (χ1v) is 6.70. The Morgan fingerprint density at radius 1 is 1.26 bits per heavy atom. The number of aliphatic carboxylic acids is 2. The molecule has 9 nitrogen and oxygen atoms in total. The van der Waals surface area contributed by atoms with Crippen molar-refractivity contribution in [3.8, 4) is 0 Å². The number of carbonyl (C=O) groups excluding carboxylic acids is 1. The molecule has 0 radical (unpaired) electrons. The second-order valence-electron chi connectivity index (χ2n) is 5.18. The first-order valence-electron chi connectivity index (χ1n) is 6.70. The maximum absolute atomic E-state index is 11.2. The molecule has 0 amide bonds. The van der Waals surface area contributed by atoms with Gasteiger partial charge in [-0.2, -0.15) is 0 Å². The fraction of sp³-hybridized carbons (Fsp3) is 0.769. The summed E-state index contributed by atoms with van der Waals surface area (Å²) in [5.41, 5.74) is 4.03. The van der Waals surface area contributed by atoms with E-state index in [1.807, 2.05) is 0 Å². The predicted molar refractivity (Wildman–Crippen MR) is 74.7 cm³/mol. The number of aliphatic hydroxyl groups is 2. The SMILES string of the molecule is CC(C)(CO)C(O)C([O-])=NCCC(=O)[O-].NCCCC(=O)O.[Ni+2]. The van der Waals surface area contributed by atoms with E-state index in [1.165, 1.54) is 13.8 Å². The van der Waals surface area contributed by atoms with Crippen LogP contribution in [0.2, 0.25) is 0 Å². The summed E-state index contributed by atoms with van der Waals surface area (Å²) in [6.45, 7) is 2.88. The Balaban J connectivity index is -0.000000425. The standard InChI is InChI=1S/C9H17NO5.C4H9NO2.Ni/c1-9(2,5-11)7(14)8(15)10-4-3-6(12)13;5-3-1-2-4(6)7;/h7,11,14H,3-5H2,1-2H3,(H,10,15)(H,12,13);1-3,5H2,(H,6,7);/q;;+2/p-2. The Morgan fingerprint density at radius 3 is 2.09 bits per heavy atom. The van der Waals surface area contributed by atoms with Crippen molar-refractivity contribution < 1.29 is 51.6 Å². The minimum Gasteiger partial charge on any atom is -0.860 e. The number of carbonyl (C=O) groups is 2. The third-order valence-corrected chi connectivity index (χ3v) is 2.56. The molecule has 0 aliphatic heterocycles. The molecule has 0 fully saturated rings. The molecule has 0 aliphatic carbocycles. The van der Waals surface area contributed by atoms with Crippen molar-refractivity contribution in [3.05, 3.63) is 0 Å². The van der Waals surface area contributed by atoms with Gasteiger partial charge in [-0.05, 0) is 18.9 Å². The monoisotopic (exact) mass is 378 g/mol. The molecule has 0 aromatic carbocycles.